The highest BCUT2D eigenvalue weighted by Gasteiger charge is 2.14. The number of carbonyl (C=O) groups excluding carboxylic acids is 2. The molecule has 0 aliphatic heterocycles. The Labute approximate surface area is 114 Å². The smallest absolute Gasteiger partial charge is 0.276 e. The molecule has 2 amide bonds. The SMILES string of the molecule is CONC(=O)c1ccccc1NC(=O)c1cccs1. The molecule has 5 nitrogen and oxygen atoms in total. The molecule has 0 aliphatic carbocycles. The minimum Gasteiger partial charge on any atom is -0.321 e. The Morgan fingerprint density at radius 3 is 2.58 bits per heavy atom. The van der Waals surface area contributed by atoms with E-state index in [2.05, 4.69) is 15.6 Å². The quantitative estimate of drug-likeness (QED) is 0.842. The Bertz CT molecular complexity index is 581. The topological polar surface area (TPSA) is 67.4 Å². The van der Waals surface area contributed by atoms with Crippen molar-refractivity contribution >= 4 is 28.8 Å². The van der Waals surface area contributed by atoms with Gasteiger partial charge in [-0.15, -0.1) is 11.3 Å². The van der Waals surface area contributed by atoms with Crippen LogP contribution < -0.4 is 10.8 Å². The Kier molecular flexibility index (Phi) is 4.27. The van der Waals surface area contributed by atoms with Gasteiger partial charge in [-0.25, -0.2) is 5.48 Å². The van der Waals surface area contributed by atoms with Crippen molar-refractivity contribution in [3.05, 3.63) is 52.2 Å². The number of hydroxylamine groups is 1. The first-order chi connectivity index (χ1) is 9.22. The van der Waals surface area contributed by atoms with Gasteiger partial charge in [0, 0.05) is 0 Å². The number of hydrogen-bond donors (Lipinski definition) is 2. The molecule has 19 heavy (non-hydrogen) atoms. The van der Waals surface area contributed by atoms with E-state index in [0.717, 1.165) is 0 Å². The fourth-order valence-electron chi connectivity index (χ4n) is 1.53. The first-order valence-corrected chi connectivity index (χ1v) is 6.37. The maximum Gasteiger partial charge on any atom is 0.276 e. The Morgan fingerprint density at radius 2 is 1.89 bits per heavy atom. The molecule has 0 spiro atoms. The summed E-state index contributed by atoms with van der Waals surface area (Å²) in [6, 6.07) is 10.2. The second-order valence-corrected chi connectivity index (χ2v) is 4.56. The predicted octanol–water partition coefficient (Wildman–Crippen LogP) is 2.29. The zero-order chi connectivity index (χ0) is 13.7. The van der Waals surface area contributed by atoms with Crippen molar-refractivity contribution < 1.29 is 14.4 Å². The number of amides is 2. The first kappa shape index (κ1) is 13.3. The van der Waals surface area contributed by atoms with Crippen LogP contribution in [-0.4, -0.2) is 18.9 Å². The van der Waals surface area contributed by atoms with Gasteiger partial charge in [-0.2, -0.15) is 0 Å². The molecule has 2 rings (SSSR count). The maximum absolute atomic E-state index is 11.9. The number of anilines is 1. The third-order valence-corrected chi connectivity index (χ3v) is 3.23. The zero-order valence-electron chi connectivity index (χ0n) is 10.2. The lowest BCUT2D eigenvalue weighted by Crippen LogP contribution is -2.24. The van der Waals surface area contributed by atoms with Crippen LogP contribution in [0.1, 0.15) is 20.0 Å². The summed E-state index contributed by atoms with van der Waals surface area (Å²) in [5.74, 6) is -0.655. The third kappa shape index (κ3) is 3.18. The van der Waals surface area contributed by atoms with Crippen molar-refractivity contribution in [2.75, 3.05) is 12.4 Å². The van der Waals surface area contributed by atoms with Gasteiger partial charge in [0.05, 0.1) is 23.2 Å². The molecule has 0 radical (unpaired) electrons. The largest absolute Gasteiger partial charge is 0.321 e. The summed E-state index contributed by atoms with van der Waals surface area (Å²) in [6.45, 7) is 0. The van der Waals surface area contributed by atoms with Crippen LogP contribution >= 0.6 is 11.3 Å². The van der Waals surface area contributed by atoms with Crippen molar-refractivity contribution in [2.24, 2.45) is 0 Å². The normalized spacial score (nSPS) is 9.95. The Morgan fingerprint density at radius 1 is 1.11 bits per heavy atom. The highest BCUT2D eigenvalue weighted by Crippen LogP contribution is 2.17. The Balaban J connectivity index is 2.21. The van der Waals surface area contributed by atoms with Crippen LogP contribution in [0.15, 0.2) is 41.8 Å². The predicted molar refractivity (Wildman–Crippen MR) is 73.2 cm³/mol. The van der Waals surface area contributed by atoms with Gasteiger partial charge in [-0.3, -0.25) is 14.4 Å². The molecule has 0 saturated heterocycles. The van der Waals surface area contributed by atoms with Gasteiger partial charge >= 0.3 is 0 Å². The number of rotatable bonds is 4. The monoisotopic (exact) mass is 276 g/mol. The molecule has 0 saturated carbocycles. The van der Waals surface area contributed by atoms with Crippen LogP contribution in [0.3, 0.4) is 0 Å². The van der Waals surface area contributed by atoms with Crippen LogP contribution in [-0.2, 0) is 4.84 Å². The number of nitrogens with one attached hydrogen (secondary N) is 2. The van der Waals surface area contributed by atoms with Gasteiger partial charge in [0.1, 0.15) is 0 Å². The van der Waals surface area contributed by atoms with E-state index in [-0.39, 0.29) is 5.91 Å². The maximum atomic E-state index is 11.9. The Hall–Kier alpha value is -2.18. The number of thiophene rings is 1. The molecular weight excluding hydrogens is 264 g/mol. The molecule has 98 valence electrons. The average molecular weight is 276 g/mol. The lowest BCUT2D eigenvalue weighted by Gasteiger charge is -2.09. The number of hydrogen-bond acceptors (Lipinski definition) is 4. The molecule has 2 aromatic rings. The molecule has 0 atom stereocenters. The summed E-state index contributed by atoms with van der Waals surface area (Å²) in [5.41, 5.74) is 3.00. The number of para-hydroxylation sites is 1. The van der Waals surface area contributed by atoms with Gasteiger partial charge in [-0.1, -0.05) is 18.2 Å². The lowest BCUT2D eigenvalue weighted by atomic mass is 10.1. The fraction of sp³-hybridized carbons (Fsp3) is 0.0769. The van der Waals surface area contributed by atoms with Crippen molar-refractivity contribution in [1.29, 1.82) is 0 Å². The van der Waals surface area contributed by atoms with Gasteiger partial charge in [-0.05, 0) is 23.6 Å². The van der Waals surface area contributed by atoms with E-state index in [4.69, 9.17) is 0 Å². The van der Waals surface area contributed by atoms with Crippen LogP contribution in [0.5, 0.6) is 0 Å². The molecular formula is C13H12N2O3S. The van der Waals surface area contributed by atoms with Crippen molar-refractivity contribution in [1.82, 2.24) is 5.48 Å². The second kappa shape index (κ2) is 6.12. The van der Waals surface area contributed by atoms with E-state index >= 15 is 0 Å². The second-order valence-electron chi connectivity index (χ2n) is 3.61. The summed E-state index contributed by atoms with van der Waals surface area (Å²) >= 11 is 1.34. The average Bonchev–Trinajstić information content (AvgIpc) is 2.93. The molecule has 1 aromatic heterocycles. The summed E-state index contributed by atoms with van der Waals surface area (Å²) in [4.78, 5) is 28.9. The van der Waals surface area contributed by atoms with Crippen LogP contribution in [0, 0.1) is 0 Å². The van der Waals surface area contributed by atoms with Gasteiger partial charge in [0.2, 0.25) is 0 Å². The van der Waals surface area contributed by atoms with Crippen molar-refractivity contribution in [3.8, 4) is 0 Å². The molecule has 6 heteroatoms. The van der Waals surface area contributed by atoms with Crippen LogP contribution in [0.4, 0.5) is 5.69 Å². The molecule has 2 N–H and O–H groups in total. The van der Waals surface area contributed by atoms with E-state index < -0.39 is 5.91 Å². The van der Waals surface area contributed by atoms with E-state index in [1.165, 1.54) is 18.4 Å². The summed E-state index contributed by atoms with van der Waals surface area (Å²) in [6.07, 6.45) is 0. The first-order valence-electron chi connectivity index (χ1n) is 5.49. The minimum absolute atomic E-state index is 0.243. The van der Waals surface area contributed by atoms with Crippen LogP contribution in [0.25, 0.3) is 0 Å². The standard InChI is InChI=1S/C13H12N2O3S/c1-18-15-12(16)9-5-2-3-6-10(9)14-13(17)11-7-4-8-19-11/h2-8H,1H3,(H,14,17)(H,15,16). The number of carbonyl (C=O) groups is 2. The summed E-state index contributed by atoms with van der Waals surface area (Å²) in [7, 11) is 1.35. The summed E-state index contributed by atoms with van der Waals surface area (Å²) in [5, 5.41) is 4.53. The zero-order valence-corrected chi connectivity index (χ0v) is 11.0. The molecule has 0 unspecified atom stereocenters. The lowest BCUT2D eigenvalue weighted by molar-refractivity contribution is 0.0538. The summed E-state index contributed by atoms with van der Waals surface area (Å²) < 4.78 is 0. The van der Waals surface area contributed by atoms with Crippen LogP contribution in [0.2, 0.25) is 0 Å². The highest BCUT2D eigenvalue weighted by atomic mass is 32.1. The molecule has 0 bridgehead atoms. The fourth-order valence-corrected chi connectivity index (χ4v) is 2.15. The van der Waals surface area contributed by atoms with Crippen molar-refractivity contribution in [2.45, 2.75) is 0 Å². The highest BCUT2D eigenvalue weighted by molar-refractivity contribution is 7.12. The molecule has 1 aromatic carbocycles. The van der Waals surface area contributed by atoms with E-state index in [9.17, 15) is 9.59 Å². The molecule has 1 heterocycles. The van der Waals surface area contributed by atoms with Gasteiger partial charge in [0.25, 0.3) is 11.8 Å². The van der Waals surface area contributed by atoms with E-state index in [0.29, 0.717) is 16.1 Å². The molecule has 0 fully saturated rings. The van der Waals surface area contributed by atoms with E-state index in [1.807, 2.05) is 5.38 Å². The minimum atomic E-state index is -0.412. The van der Waals surface area contributed by atoms with Gasteiger partial charge < -0.3 is 5.32 Å². The number of benzene rings is 1. The molecule has 0 aliphatic rings. The van der Waals surface area contributed by atoms with Crippen molar-refractivity contribution in [3.63, 3.8) is 0 Å². The third-order valence-electron chi connectivity index (χ3n) is 2.36. The van der Waals surface area contributed by atoms with E-state index in [1.54, 1.807) is 36.4 Å². The van der Waals surface area contributed by atoms with Gasteiger partial charge in [0.15, 0.2) is 0 Å².